The zero-order valence-electron chi connectivity index (χ0n) is 16.4. The maximum Gasteiger partial charge on any atom is 0.387 e. The van der Waals surface area contributed by atoms with E-state index in [0.29, 0.717) is 24.5 Å². The maximum absolute atomic E-state index is 12.9. The van der Waals surface area contributed by atoms with Crippen LogP contribution in [0, 0.1) is 6.92 Å². The molecule has 1 aromatic carbocycles. The third-order valence-corrected chi connectivity index (χ3v) is 5.02. The molecule has 0 radical (unpaired) electrons. The second-order valence-corrected chi connectivity index (χ2v) is 6.96. The van der Waals surface area contributed by atoms with Gasteiger partial charge in [-0.25, -0.2) is 4.68 Å². The summed E-state index contributed by atoms with van der Waals surface area (Å²) in [6.45, 7) is 2.25. The summed E-state index contributed by atoms with van der Waals surface area (Å²) < 4.78 is 35.8. The Kier molecular flexibility index (Phi) is 5.75. The Hall–Kier alpha value is -3.27. The summed E-state index contributed by atoms with van der Waals surface area (Å²) >= 11 is 0. The van der Waals surface area contributed by atoms with Crippen LogP contribution in [0.2, 0.25) is 0 Å². The van der Waals surface area contributed by atoms with Gasteiger partial charge in [0.25, 0.3) is 5.91 Å². The first-order chi connectivity index (χ1) is 14.5. The van der Waals surface area contributed by atoms with Crippen LogP contribution in [0.3, 0.4) is 0 Å². The lowest BCUT2D eigenvalue weighted by atomic mass is 10.2. The van der Waals surface area contributed by atoms with E-state index in [1.807, 2.05) is 12.1 Å². The van der Waals surface area contributed by atoms with Gasteiger partial charge in [0, 0.05) is 26.2 Å². The number of carbonyl (C=O) groups excluding carboxylic acids is 1. The minimum absolute atomic E-state index is 0.0511. The quantitative estimate of drug-likeness (QED) is 0.614. The number of aromatic nitrogens is 3. The molecule has 158 valence electrons. The summed E-state index contributed by atoms with van der Waals surface area (Å²) in [7, 11) is 0. The Labute approximate surface area is 171 Å². The van der Waals surface area contributed by atoms with Crippen molar-refractivity contribution in [3.05, 3.63) is 59.8 Å². The highest BCUT2D eigenvalue weighted by molar-refractivity contribution is 5.93. The average Bonchev–Trinajstić information content (AvgIpc) is 3.38. The van der Waals surface area contributed by atoms with Gasteiger partial charge in [0.15, 0.2) is 5.69 Å². The average molecular weight is 417 g/mol. The van der Waals surface area contributed by atoms with E-state index in [9.17, 15) is 13.6 Å². The Bertz CT molecular complexity index is 981. The van der Waals surface area contributed by atoms with Crippen LogP contribution < -0.4 is 4.74 Å². The van der Waals surface area contributed by atoms with Crippen molar-refractivity contribution in [1.29, 1.82) is 0 Å². The summed E-state index contributed by atoms with van der Waals surface area (Å²) in [5.41, 5.74) is 1.46. The molecule has 0 saturated carbocycles. The van der Waals surface area contributed by atoms with E-state index in [2.05, 4.69) is 19.9 Å². The zero-order chi connectivity index (χ0) is 21.1. The van der Waals surface area contributed by atoms with E-state index in [1.165, 1.54) is 16.8 Å². The smallest absolute Gasteiger partial charge is 0.387 e. The van der Waals surface area contributed by atoms with Crippen LogP contribution in [0.4, 0.5) is 8.78 Å². The first kappa shape index (κ1) is 20.0. The minimum Gasteiger partial charge on any atom is -0.468 e. The second-order valence-electron chi connectivity index (χ2n) is 6.96. The molecule has 0 bridgehead atoms. The van der Waals surface area contributed by atoms with Crippen molar-refractivity contribution >= 4 is 5.91 Å². The molecule has 1 saturated heterocycles. The van der Waals surface area contributed by atoms with Crippen LogP contribution in [0.5, 0.6) is 5.75 Å². The topological polar surface area (TPSA) is 76.6 Å². The molecular formula is C20H21F2N5O3. The monoisotopic (exact) mass is 417 g/mol. The summed E-state index contributed by atoms with van der Waals surface area (Å²) in [6.07, 6.45) is 1.65. The lowest BCUT2D eigenvalue weighted by Gasteiger charge is -2.33. The number of amides is 1. The van der Waals surface area contributed by atoms with E-state index in [1.54, 1.807) is 30.2 Å². The van der Waals surface area contributed by atoms with Crippen LogP contribution >= 0.6 is 0 Å². The fourth-order valence-electron chi connectivity index (χ4n) is 3.42. The first-order valence-corrected chi connectivity index (χ1v) is 9.53. The number of alkyl halides is 2. The fourth-order valence-corrected chi connectivity index (χ4v) is 3.42. The minimum atomic E-state index is -2.88. The van der Waals surface area contributed by atoms with Gasteiger partial charge in [-0.05, 0) is 43.3 Å². The highest BCUT2D eigenvalue weighted by atomic mass is 19.3. The molecule has 10 heteroatoms. The van der Waals surface area contributed by atoms with Gasteiger partial charge >= 0.3 is 6.61 Å². The predicted octanol–water partition coefficient (Wildman–Crippen LogP) is 2.73. The molecule has 0 N–H and O–H groups in total. The zero-order valence-corrected chi connectivity index (χ0v) is 16.4. The van der Waals surface area contributed by atoms with Crippen molar-refractivity contribution in [2.75, 3.05) is 26.2 Å². The molecule has 4 rings (SSSR count). The largest absolute Gasteiger partial charge is 0.468 e. The fraction of sp³-hybridized carbons (Fsp3) is 0.350. The molecule has 30 heavy (non-hydrogen) atoms. The van der Waals surface area contributed by atoms with E-state index < -0.39 is 6.61 Å². The van der Waals surface area contributed by atoms with E-state index in [-0.39, 0.29) is 17.4 Å². The maximum atomic E-state index is 12.9. The third kappa shape index (κ3) is 4.33. The number of rotatable bonds is 6. The summed E-state index contributed by atoms with van der Waals surface area (Å²) in [6, 6.07) is 9.80. The highest BCUT2D eigenvalue weighted by Gasteiger charge is 2.26. The number of benzene rings is 1. The molecule has 0 unspecified atom stereocenters. The van der Waals surface area contributed by atoms with Gasteiger partial charge in [0.2, 0.25) is 0 Å². The third-order valence-electron chi connectivity index (χ3n) is 5.02. The molecule has 1 aliphatic heterocycles. The lowest BCUT2D eigenvalue weighted by molar-refractivity contribution is -0.0498. The molecule has 2 aromatic heterocycles. The SMILES string of the molecule is Cc1c(C(=O)N2CCN(Cc3ccco3)CC2)nnn1-c1ccc(OC(F)F)cc1. The molecule has 0 spiro atoms. The van der Waals surface area contributed by atoms with Gasteiger partial charge in [-0.15, -0.1) is 5.10 Å². The van der Waals surface area contributed by atoms with Gasteiger partial charge in [0.1, 0.15) is 11.5 Å². The van der Waals surface area contributed by atoms with E-state index in [0.717, 1.165) is 25.4 Å². The van der Waals surface area contributed by atoms with Crippen molar-refractivity contribution in [2.24, 2.45) is 0 Å². The second kappa shape index (κ2) is 8.62. The number of furan rings is 1. The molecule has 1 fully saturated rings. The number of piperazine rings is 1. The van der Waals surface area contributed by atoms with Crippen molar-refractivity contribution in [1.82, 2.24) is 24.8 Å². The summed E-state index contributed by atoms with van der Waals surface area (Å²) in [5.74, 6) is 0.780. The Balaban J connectivity index is 1.40. The van der Waals surface area contributed by atoms with Crippen molar-refractivity contribution in [2.45, 2.75) is 20.1 Å². The normalized spacial score (nSPS) is 15.0. The Morgan fingerprint density at radius 3 is 2.53 bits per heavy atom. The summed E-state index contributed by atoms with van der Waals surface area (Å²) in [5, 5.41) is 8.12. The lowest BCUT2D eigenvalue weighted by Crippen LogP contribution is -2.48. The number of carbonyl (C=O) groups is 1. The highest BCUT2D eigenvalue weighted by Crippen LogP contribution is 2.20. The molecule has 3 aromatic rings. The van der Waals surface area contributed by atoms with Crippen molar-refractivity contribution in [3.8, 4) is 11.4 Å². The molecule has 1 aliphatic rings. The number of hydrogen-bond acceptors (Lipinski definition) is 6. The predicted molar refractivity (Wildman–Crippen MR) is 103 cm³/mol. The molecule has 1 amide bonds. The van der Waals surface area contributed by atoms with E-state index >= 15 is 0 Å². The Morgan fingerprint density at radius 1 is 1.17 bits per heavy atom. The van der Waals surface area contributed by atoms with Gasteiger partial charge in [-0.2, -0.15) is 8.78 Å². The molecule has 0 atom stereocenters. The first-order valence-electron chi connectivity index (χ1n) is 9.53. The van der Waals surface area contributed by atoms with Crippen LogP contribution in [-0.2, 0) is 6.54 Å². The standard InChI is InChI=1S/C20H21F2N5O3/c1-14-18(23-24-27(14)15-4-6-16(7-5-15)30-20(21)22)19(28)26-10-8-25(9-11-26)13-17-3-2-12-29-17/h2-7,12,20H,8-11,13H2,1H3. The van der Waals surface area contributed by atoms with Crippen LogP contribution in [0.1, 0.15) is 21.9 Å². The van der Waals surface area contributed by atoms with Gasteiger partial charge in [-0.3, -0.25) is 9.69 Å². The van der Waals surface area contributed by atoms with E-state index in [4.69, 9.17) is 4.42 Å². The van der Waals surface area contributed by atoms with Crippen LogP contribution in [-0.4, -0.2) is 63.5 Å². The molecular weight excluding hydrogens is 396 g/mol. The van der Waals surface area contributed by atoms with Gasteiger partial charge < -0.3 is 14.1 Å². The van der Waals surface area contributed by atoms with Gasteiger partial charge in [-0.1, -0.05) is 5.21 Å². The summed E-state index contributed by atoms with van der Waals surface area (Å²) in [4.78, 5) is 16.9. The molecule has 3 heterocycles. The van der Waals surface area contributed by atoms with Crippen molar-refractivity contribution in [3.63, 3.8) is 0 Å². The van der Waals surface area contributed by atoms with Crippen LogP contribution in [0.25, 0.3) is 5.69 Å². The molecule has 8 nitrogen and oxygen atoms in total. The number of ether oxygens (including phenoxy) is 1. The number of hydrogen-bond donors (Lipinski definition) is 0. The molecule has 0 aliphatic carbocycles. The van der Waals surface area contributed by atoms with Gasteiger partial charge in [0.05, 0.1) is 24.2 Å². The van der Waals surface area contributed by atoms with Crippen LogP contribution in [0.15, 0.2) is 47.1 Å². The Morgan fingerprint density at radius 2 is 1.90 bits per heavy atom. The van der Waals surface area contributed by atoms with Crippen molar-refractivity contribution < 1.29 is 22.7 Å². The number of halogens is 2. The number of nitrogens with zero attached hydrogens (tertiary/aromatic N) is 5.